The lowest BCUT2D eigenvalue weighted by molar-refractivity contribution is 0.129. The van der Waals surface area contributed by atoms with E-state index in [0.29, 0.717) is 0 Å². The number of nitrogens with zero attached hydrogens (tertiary/aromatic N) is 1. The Hall–Kier alpha value is 0.140. The predicted molar refractivity (Wildman–Crippen MR) is 106 cm³/mol. The molecule has 0 radical (unpaired) electrons. The summed E-state index contributed by atoms with van der Waals surface area (Å²) in [4.78, 5) is 5.48. The van der Waals surface area contributed by atoms with E-state index in [1.54, 1.807) is 18.4 Å². The van der Waals surface area contributed by atoms with Crippen LogP contribution >= 0.6 is 51.2 Å². The number of unbranched alkanes of at least 4 members (excludes halogenated alkanes) is 1. The first-order chi connectivity index (χ1) is 9.76. The van der Waals surface area contributed by atoms with Crippen molar-refractivity contribution in [1.82, 2.24) is 10.6 Å². The number of thiophene rings is 1. The molecule has 7 heteroatoms. The van der Waals surface area contributed by atoms with E-state index in [4.69, 9.17) is 4.74 Å². The summed E-state index contributed by atoms with van der Waals surface area (Å²) in [5.74, 6) is 0.836. The highest BCUT2D eigenvalue weighted by molar-refractivity contribution is 14.0. The average molecular weight is 490 g/mol. The minimum absolute atomic E-state index is 0. The van der Waals surface area contributed by atoms with E-state index in [-0.39, 0.29) is 24.0 Å². The molecule has 0 aliphatic carbocycles. The second-order valence-electron chi connectivity index (χ2n) is 4.40. The fourth-order valence-electron chi connectivity index (χ4n) is 1.57. The minimum Gasteiger partial charge on any atom is -0.381 e. The topological polar surface area (TPSA) is 45.6 Å². The van der Waals surface area contributed by atoms with Gasteiger partial charge in [0, 0.05) is 41.5 Å². The molecule has 0 amide bonds. The van der Waals surface area contributed by atoms with Gasteiger partial charge >= 0.3 is 0 Å². The van der Waals surface area contributed by atoms with Crippen molar-refractivity contribution in [2.45, 2.75) is 32.7 Å². The van der Waals surface area contributed by atoms with Crippen molar-refractivity contribution in [2.24, 2.45) is 4.99 Å². The van der Waals surface area contributed by atoms with E-state index in [1.807, 2.05) is 0 Å². The predicted octanol–water partition coefficient (Wildman–Crippen LogP) is 4.00. The fraction of sp³-hybridized carbons (Fsp3) is 0.643. The smallest absolute Gasteiger partial charge is 0.191 e. The van der Waals surface area contributed by atoms with Gasteiger partial charge in [0.15, 0.2) is 5.96 Å². The van der Waals surface area contributed by atoms with Gasteiger partial charge in [0.25, 0.3) is 0 Å². The molecular weight excluding hydrogens is 465 g/mol. The zero-order chi connectivity index (χ0) is 14.6. The van der Waals surface area contributed by atoms with Gasteiger partial charge in [-0.15, -0.1) is 35.3 Å². The van der Waals surface area contributed by atoms with Crippen LogP contribution in [0.5, 0.6) is 0 Å². The average Bonchev–Trinajstić information content (AvgIpc) is 2.87. The van der Waals surface area contributed by atoms with Crippen LogP contribution in [0.4, 0.5) is 0 Å². The maximum Gasteiger partial charge on any atom is 0.191 e. The highest BCUT2D eigenvalue weighted by Crippen LogP contribution is 2.19. The van der Waals surface area contributed by atoms with Gasteiger partial charge in [-0.1, -0.05) is 13.3 Å². The summed E-state index contributed by atoms with van der Waals surface area (Å²) in [6.07, 6.45) is 3.33. The Morgan fingerprint density at radius 2 is 2.10 bits per heavy atom. The van der Waals surface area contributed by atoms with Gasteiger partial charge in [-0.05, 0) is 34.8 Å². The fourth-order valence-corrected chi connectivity index (χ4v) is 2.96. The Balaban J connectivity index is 0.00000400. The molecule has 0 aliphatic rings. The van der Waals surface area contributed by atoms with E-state index in [0.717, 1.165) is 49.6 Å². The molecule has 21 heavy (non-hydrogen) atoms. The van der Waals surface area contributed by atoms with Crippen LogP contribution in [0.25, 0.3) is 0 Å². The molecule has 1 heterocycles. The van der Waals surface area contributed by atoms with Gasteiger partial charge in [-0.2, -0.15) is 0 Å². The molecule has 0 saturated heterocycles. The first-order valence-corrected chi connectivity index (χ1v) is 8.68. The van der Waals surface area contributed by atoms with Gasteiger partial charge in [0.05, 0.1) is 6.54 Å². The SMILES string of the molecule is CCCCOCCCNC(=NC)NCc1cc(Br)cs1.I. The molecule has 0 atom stereocenters. The molecule has 0 fully saturated rings. The van der Waals surface area contributed by atoms with Crippen molar-refractivity contribution in [3.63, 3.8) is 0 Å². The zero-order valence-corrected chi connectivity index (χ0v) is 17.4. The Labute approximate surface area is 157 Å². The Morgan fingerprint density at radius 1 is 1.33 bits per heavy atom. The van der Waals surface area contributed by atoms with Crippen LogP contribution in [0.15, 0.2) is 20.9 Å². The standard InChI is InChI=1S/C14H24BrN3OS.HI/c1-3-4-7-19-8-5-6-17-14(16-2)18-10-13-9-12(15)11-20-13;/h9,11H,3-8,10H2,1-2H3,(H2,16,17,18);1H. The third kappa shape index (κ3) is 10.5. The third-order valence-electron chi connectivity index (χ3n) is 2.68. The second kappa shape index (κ2) is 13.8. The van der Waals surface area contributed by atoms with Gasteiger partial charge in [-0.25, -0.2) is 0 Å². The Morgan fingerprint density at radius 3 is 2.71 bits per heavy atom. The van der Waals surface area contributed by atoms with Gasteiger partial charge in [0.2, 0.25) is 0 Å². The number of aliphatic imine (C=N–C) groups is 1. The number of guanidine groups is 1. The normalized spacial score (nSPS) is 11.1. The first kappa shape index (κ1) is 21.1. The highest BCUT2D eigenvalue weighted by atomic mass is 127. The number of nitrogens with one attached hydrogen (secondary N) is 2. The van der Waals surface area contributed by atoms with Crippen molar-refractivity contribution in [3.05, 3.63) is 20.8 Å². The van der Waals surface area contributed by atoms with Crippen LogP contribution in [0.1, 0.15) is 31.1 Å². The van der Waals surface area contributed by atoms with Crippen LogP contribution < -0.4 is 10.6 Å². The molecule has 2 N–H and O–H groups in total. The monoisotopic (exact) mass is 489 g/mol. The van der Waals surface area contributed by atoms with Crippen LogP contribution in [-0.4, -0.2) is 32.8 Å². The first-order valence-electron chi connectivity index (χ1n) is 7.01. The van der Waals surface area contributed by atoms with Crippen LogP contribution in [0.3, 0.4) is 0 Å². The number of ether oxygens (including phenoxy) is 1. The maximum atomic E-state index is 5.52. The van der Waals surface area contributed by atoms with Crippen LogP contribution in [0, 0.1) is 0 Å². The number of hydrogen-bond donors (Lipinski definition) is 2. The molecule has 0 spiro atoms. The molecule has 1 aromatic rings. The van der Waals surface area contributed by atoms with Crippen molar-refractivity contribution in [3.8, 4) is 0 Å². The quantitative estimate of drug-likeness (QED) is 0.238. The van der Waals surface area contributed by atoms with E-state index in [1.165, 1.54) is 11.3 Å². The van der Waals surface area contributed by atoms with Crippen molar-refractivity contribution >= 4 is 57.2 Å². The summed E-state index contributed by atoms with van der Waals surface area (Å²) in [5.41, 5.74) is 0. The molecule has 4 nitrogen and oxygen atoms in total. The second-order valence-corrected chi connectivity index (χ2v) is 6.31. The summed E-state index contributed by atoms with van der Waals surface area (Å²) < 4.78 is 6.65. The maximum absolute atomic E-state index is 5.52. The molecule has 0 bridgehead atoms. The van der Waals surface area contributed by atoms with Crippen molar-refractivity contribution in [1.29, 1.82) is 0 Å². The molecule has 0 saturated carbocycles. The lowest BCUT2D eigenvalue weighted by atomic mass is 10.4. The zero-order valence-electron chi connectivity index (χ0n) is 12.7. The van der Waals surface area contributed by atoms with Crippen LogP contribution in [-0.2, 0) is 11.3 Å². The van der Waals surface area contributed by atoms with Gasteiger partial charge in [-0.3, -0.25) is 4.99 Å². The molecule has 0 aromatic carbocycles. The molecule has 0 unspecified atom stereocenters. The van der Waals surface area contributed by atoms with Gasteiger partial charge in [0.1, 0.15) is 0 Å². The van der Waals surface area contributed by atoms with Crippen molar-refractivity contribution in [2.75, 3.05) is 26.8 Å². The molecule has 0 aliphatic heterocycles. The number of hydrogen-bond acceptors (Lipinski definition) is 3. The number of halogens is 2. The Kier molecular flexibility index (Phi) is 13.9. The molecule has 122 valence electrons. The number of rotatable bonds is 9. The summed E-state index contributed by atoms with van der Waals surface area (Å²) in [6.45, 7) is 5.52. The Bertz CT molecular complexity index is 401. The highest BCUT2D eigenvalue weighted by Gasteiger charge is 2.00. The van der Waals surface area contributed by atoms with E-state index in [9.17, 15) is 0 Å². The summed E-state index contributed by atoms with van der Waals surface area (Å²) in [7, 11) is 1.79. The van der Waals surface area contributed by atoms with Crippen LogP contribution in [0.2, 0.25) is 0 Å². The van der Waals surface area contributed by atoms with E-state index in [2.05, 4.69) is 49.9 Å². The largest absolute Gasteiger partial charge is 0.381 e. The molecule has 1 aromatic heterocycles. The molecular formula is C14H25BrIN3OS. The summed E-state index contributed by atoms with van der Waals surface area (Å²) in [6, 6.07) is 2.12. The summed E-state index contributed by atoms with van der Waals surface area (Å²) in [5, 5.41) is 8.67. The lowest BCUT2D eigenvalue weighted by Crippen LogP contribution is -2.37. The minimum atomic E-state index is 0. The van der Waals surface area contributed by atoms with Crippen molar-refractivity contribution < 1.29 is 4.74 Å². The van der Waals surface area contributed by atoms with Gasteiger partial charge < -0.3 is 15.4 Å². The van der Waals surface area contributed by atoms with E-state index < -0.39 is 0 Å². The third-order valence-corrected chi connectivity index (χ3v) is 4.37. The van der Waals surface area contributed by atoms with E-state index >= 15 is 0 Å². The lowest BCUT2D eigenvalue weighted by Gasteiger charge is -2.11. The molecule has 1 rings (SSSR count). The summed E-state index contributed by atoms with van der Waals surface area (Å²) >= 11 is 5.19.